The molecule has 0 aromatic rings. The fourth-order valence-corrected chi connectivity index (χ4v) is 1.02. The first-order valence-corrected chi connectivity index (χ1v) is 4.16. The minimum absolute atomic E-state index is 0.00521. The maximum atomic E-state index is 10.8. The highest BCUT2D eigenvalue weighted by Gasteiger charge is 2.07. The number of carbonyl (C=O) groups is 1. The highest BCUT2D eigenvalue weighted by molar-refractivity contribution is 9.09. The second-order valence-corrected chi connectivity index (χ2v) is 2.44. The Bertz CT molecular complexity index is 95.1. The van der Waals surface area contributed by atoms with Crippen molar-refractivity contribution >= 4 is 21.7 Å². The maximum Gasteiger partial charge on any atom is 0.159 e. The highest BCUT2D eigenvalue weighted by Crippen LogP contribution is 1.88. The van der Waals surface area contributed by atoms with E-state index in [0.717, 1.165) is 6.54 Å². The molecule has 0 fully saturated rings. The van der Waals surface area contributed by atoms with Crippen molar-refractivity contribution in [3.05, 3.63) is 0 Å². The predicted octanol–water partition coefficient (Wildman–Crippen LogP) is 0.948. The van der Waals surface area contributed by atoms with Crippen molar-refractivity contribution in [2.45, 2.75) is 19.9 Å². The molecular formula is C6H12BrNO. The number of hydrogen-bond acceptors (Lipinski definition) is 2. The Balaban J connectivity index is 3.45. The Hall–Kier alpha value is 0.110. The van der Waals surface area contributed by atoms with Gasteiger partial charge in [0.05, 0.1) is 11.4 Å². The van der Waals surface area contributed by atoms with Crippen LogP contribution in [0.15, 0.2) is 0 Å². The molecule has 2 nitrogen and oxygen atoms in total. The average molecular weight is 194 g/mol. The predicted molar refractivity (Wildman–Crippen MR) is 41.9 cm³/mol. The smallest absolute Gasteiger partial charge is 0.159 e. The summed E-state index contributed by atoms with van der Waals surface area (Å²) in [5, 5.41) is 3.46. The standard InChI is InChI=1S/C6H12BrNO/c1-3-8-5(2)6(9)4-7/h5,8H,3-4H2,1-2H3. The third-order valence-electron chi connectivity index (χ3n) is 1.12. The number of Topliss-reactive ketones (excluding diaryl/α,β-unsaturated/α-hetero) is 1. The zero-order valence-electron chi connectivity index (χ0n) is 5.78. The number of nitrogens with one attached hydrogen (secondary N) is 1. The molecule has 0 heterocycles. The summed E-state index contributed by atoms with van der Waals surface area (Å²) in [5.74, 6) is 0.205. The van der Waals surface area contributed by atoms with Gasteiger partial charge in [-0.25, -0.2) is 0 Å². The second kappa shape index (κ2) is 4.94. The molecule has 0 aliphatic carbocycles. The molecule has 0 aliphatic rings. The zero-order chi connectivity index (χ0) is 7.28. The number of halogens is 1. The Labute approximate surface area is 64.1 Å². The van der Waals surface area contributed by atoms with Gasteiger partial charge < -0.3 is 5.32 Å². The molecule has 3 heteroatoms. The van der Waals surface area contributed by atoms with Crippen molar-refractivity contribution in [1.82, 2.24) is 5.32 Å². The highest BCUT2D eigenvalue weighted by atomic mass is 79.9. The van der Waals surface area contributed by atoms with E-state index in [9.17, 15) is 4.79 Å². The normalized spacial score (nSPS) is 13.2. The van der Waals surface area contributed by atoms with Crippen LogP contribution in [0.1, 0.15) is 13.8 Å². The molecule has 54 valence electrons. The van der Waals surface area contributed by atoms with E-state index in [1.165, 1.54) is 0 Å². The van der Waals surface area contributed by atoms with Gasteiger partial charge in [0.2, 0.25) is 0 Å². The first-order chi connectivity index (χ1) is 4.22. The van der Waals surface area contributed by atoms with Gasteiger partial charge in [-0.2, -0.15) is 0 Å². The summed E-state index contributed by atoms with van der Waals surface area (Å²) >= 11 is 3.10. The molecular weight excluding hydrogens is 182 g/mol. The molecule has 0 saturated heterocycles. The van der Waals surface area contributed by atoms with Crippen LogP contribution in [0, 0.1) is 0 Å². The molecule has 9 heavy (non-hydrogen) atoms. The van der Waals surface area contributed by atoms with Crippen molar-refractivity contribution in [1.29, 1.82) is 0 Å². The Morgan fingerprint density at radius 2 is 2.33 bits per heavy atom. The van der Waals surface area contributed by atoms with Crippen molar-refractivity contribution in [3.63, 3.8) is 0 Å². The number of likely N-dealkylation sites (N-methyl/N-ethyl adjacent to an activating group) is 1. The molecule has 1 N–H and O–H groups in total. The summed E-state index contributed by atoms with van der Waals surface area (Å²) in [6, 6.07) is -0.00521. The number of alkyl halides is 1. The first kappa shape index (κ1) is 9.11. The largest absolute Gasteiger partial charge is 0.308 e. The first-order valence-electron chi connectivity index (χ1n) is 3.04. The molecule has 0 bridgehead atoms. The van der Waals surface area contributed by atoms with Crippen LogP contribution in [0.25, 0.3) is 0 Å². The lowest BCUT2D eigenvalue weighted by molar-refractivity contribution is -0.118. The van der Waals surface area contributed by atoms with E-state index in [2.05, 4.69) is 21.2 Å². The van der Waals surface area contributed by atoms with Crippen LogP contribution in [-0.2, 0) is 4.79 Å². The van der Waals surface area contributed by atoms with Crippen molar-refractivity contribution in [2.75, 3.05) is 11.9 Å². The number of ketones is 1. The summed E-state index contributed by atoms with van der Waals surface area (Å²) in [4.78, 5) is 10.8. The average Bonchev–Trinajstić information content (AvgIpc) is 1.87. The van der Waals surface area contributed by atoms with Crippen LogP contribution >= 0.6 is 15.9 Å². The van der Waals surface area contributed by atoms with Gasteiger partial charge in [0.1, 0.15) is 0 Å². The van der Waals surface area contributed by atoms with Crippen LogP contribution in [0.4, 0.5) is 0 Å². The van der Waals surface area contributed by atoms with Crippen molar-refractivity contribution in [2.24, 2.45) is 0 Å². The Morgan fingerprint density at radius 3 is 2.67 bits per heavy atom. The fraction of sp³-hybridized carbons (Fsp3) is 0.833. The van der Waals surface area contributed by atoms with E-state index in [1.54, 1.807) is 0 Å². The molecule has 0 aliphatic heterocycles. The molecule has 0 aromatic heterocycles. The third kappa shape index (κ3) is 3.65. The lowest BCUT2D eigenvalue weighted by Crippen LogP contribution is -2.34. The number of hydrogen-bond donors (Lipinski definition) is 1. The Kier molecular flexibility index (Phi) is 5.00. The van der Waals surface area contributed by atoms with E-state index in [4.69, 9.17) is 0 Å². The molecule has 0 rings (SSSR count). The van der Waals surface area contributed by atoms with Gasteiger partial charge in [-0.1, -0.05) is 22.9 Å². The van der Waals surface area contributed by atoms with E-state index < -0.39 is 0 Å². The van der Waals surface area contributed by atoms with Gasteiger partial charge >= 0.3 is 0 Å². The van der Waals surface area contributed by atoms with Crippen molar-refractivity contribution in [3.8, 4) is 0 Å². The van der Waals surface area contributed by atoms with Gasteiger partial charge in [0, 0.05) is 0 Å². The molecule has 0 radical (unpaired) electrons. The Morgan fingerprint density at radius 1 is 1.78 bits per heavy atom. The van der Waals surface area contributed by atoms with Gasteiger partial charge in [0.15, 0.2) is 5.78 Å². The monoisotopic (exact) mass is 193 g/mol. The number of rotatable bonds is 4. The third-order valence-corrected chi connectivity index (χ3v) is 1.68. The van der Waals surface area contributed by atoms with Crippen LogP contribution in [-0.4, -0.2) is 23.7 Å². The summed E-state index contributed by atoms with van der Waals surface area (Å²) in [7, 11) is 0. The van der Waals surface area contributed by atoms with E-state index in [1.807, 2.05) is 13.8 Å². The van der Waals surface area contributed by atoms with Gasteiger partial charge in [-0.05, 0) is 13.5 Å². The van der Waals surface area contributed by atoms with Crippen molar-refractivity contribution < 1.29 is 4.79 Å². The molecule has 1 atom stereocenters. The summed E-state index contributed by atoms with van der Waals surface area (Å²) in [6.07, 6.45) is 0. The SMILES string of the molecule is CCNC(C)C(=O)CBr. The molecule has 0 amide bonds. The number of carbonyl (C=O) groups excluding carboxylic acids is 1. The van der Waals surface area contributed by atoms with E-state index in [0.29, 0.717) is 5.33 Å². The fourth-order valence-electron chi connectivity index (χ4n) is 0.536. The lowest BCUT2D eigenvalue weighted by atomic mass is 10.2. The summed E-state index contributed by atoms with van der Waals surface area (Å²) in [6.45, 7) is 4.70. The minimum atomic E-state index is -0.00521. The van der Waals surface area contributed by atoms with E-state index >= 15 is 0 Å². The molecule has 0 saturated carbocycles. The topological polar surface area (TPSA) is 29.1 Å². The summed E-state index contributed by atoms with van der Waals surface area (Å²) in [5.41, 5.74) is 0. The van der Waals surface area contributed by atoms with Crippen LogP contribution in [0.3, 0.4) is 0 Å². The van der Waals surface area contributed by atoms with Gasteiger partial charge in [-0.3, -0.25) is 4.79 Å². The maximum absolute atomic E-state index is 10.8. The molecule has 0 spiro atoms. The van der Waals surface area contributed by atoms with E-state index in [-0.39, 0.29) is 11.8 Å². The quantitative estimate of drug-likeness (QED) is 0.675. The van der Waals surface area contributed by atoms with Crippen LogP contribution in [0.5, 0.6) is 0 Å². The zero-order valence-corrected chi connectivity index (χ0v) is 7.36. The van der Waals surface area contributed by atoms with Gasteiger partial charge in [0.25, 0.3) is 0 Å². The molecule has 1 unspecified atom stereocenters. The lowest BCUT2D eigenvalue weighted by Gasteiger charge is -2.07. The minimum Gasteiger partial charge on any atom is -0.308 e. The molecule has 0 aromatic carbocycles. The van der Waals surface area contributed by atoms with Crippen LogP contribution in [0.2, 0.25) is 0 Å². The van der Waals surface area contributed by atoms with Gasteiger partial charge in [-0.15, -0.1) is 0 Å². The van der Waals surface area contributed by atoms with Crippen LogP contribution < -0.4 is 5.32 Å². The second-order valence-electron chi connectivity index (χ2n) is 1.88. The summed E-state index contributed by atoms with van der Waals surface area (Å²) < 4.78 is 0.